The first kappa shape index (κ1) is 6.86. The fraction of sp³-hybridized carbons (Fsp3) is 0.143. The summed E-state index contributed by atoms with van der Waals surface area (Å²) in [5.74, 6) is -2.13. The van der Waals surface area contributed by atoms with E-state index in [0.29, 0.717) is 6.08 Å². The molecule has 1 rings (SSSR count). The smallest absolute Gasteiger partial charge is 0.217 e. The minimum atomic E-state index is -0.968. The molecule has 0 aromatic rings. The molecule has 52 valence electrons. The summed E-state index contributed by atoms with van der Waals surface area (Å²) >= 11 is 0. The lowest BCUT2D eigenvalue weighted by molar-refractivity contribution is -0.116. The summed E-state index contributed by atoms with van der Waals surface area (Å²) in [4.78, 5) is 21.1. The summed E-state index contributed by atoms with van der Waals surface area (Å²) in [5, 5.41) is 0. The predicted molar refractivity (Wildman–Crippen MR) is 33.0 cm³/mol. The van der Waals surface area contributed by atoms with Crippen LogP contribution in [0.5, 0.6) is 0 Å². The molecule has 1 aliphatic rings. The van der Waals surface area contributed by atoms with Gasteiger partial charge in [0.1, 0.15) is 0 Å². The van der Waals surface area contributed by atoms with Crippen molar-refractivity contribution >= 4 is 11.6 Å². The monoisotopic (exact) mass is 140 g/mol. The molecule has 1 aliphatic carbocycles. The number of allylic oxidation sites excluding steroid dienone is 4. The molecule has 0 aliphatic heterocycles. The number of ketones is 2. The lowest BCUT2D eigenvalue weighted by Gasteiger charge is -2.00. The van der Waals surface area contributed by atoms with Gasteiger partial charge in [-0.25, -0.2) is 4.39 Å². The van der Waals surface area contributed by atoms with Crippen molar-refractivity contribution in [2.45, 2.75) is 6.92 Å². The van der Waals surface area contributed by atoms with Crippen molar-refractivity contribution in [1.82, 2.24) is 0 Å². The van der Waals surface area contributed by atoms with E-state index in [2.05, 4.69) is 0 Å². The largest absolute Gasteiger partial charge is 0.290 e. The molecule has 0 aromatic carbocycles. The average molecular weight is 140 g/mol. The minimum absolute atomic E-state index is 0.157. The Morgan fingerprint density at radius 3 is 2.40 bits per heavy atom. The van der Waals surface area contributed by atoms with E-state index >= 15 is 0 Å². The summed E-state index contributed by atoms with van der Waals surface area (Å²) in [6.45, 7) is 1.41. The molecule has 0 atom stereocenters. The van der Waals surface area contributed by atoms with Gasteiger partial charge in [-0.05, 0) is 13.0 Å². The summed E-state index contributed by atoms with van der Waals surface area (Å²) in [5.41, 5.74) is 0.157. The number of hydrogen-bond acceptors (Lipinski definition) is 2. The van der Waals surface area contributed by atoms with E-state index in [4.69, 9.17) is 0 Å². The summed E-state index contributed by atoms with van der Waals surface area (Å²) in [7, 11) is 0. The van der Waals surface area contributed by atoms with Crippen LogP contribution in [0.1, 0.15) is 6.92 Å². The highest BCUT2D eigenvalue weighted by Crippen LogP contribution is 2.12. The number of carbonyl (C=O) groups excluding carboxylic acids is 2. The van der Waals surface area contributed by atoms with Crippen LogP contribution in [0.3, 0.4) is 0 Å². The van der Waals surface area contributed by atoms with E-state index in [9.17, 15) is 14.0 Å². The Kier molecular flexibility index (Phi) is 1.49. The zero-order valence-corrected chi connectivity index (χ0v) is 5.35. The summed E-state index contributed by atoms with van der Waals surface area (Å²) < 4.78 is 12.3. The first-order valence-corrected chi connectivity index (χ1v) is 2.75. The van der Waals surface area contributed by atoms with E-state index in [-0.39, 0.29) is 5.57 Å². The molecule has 0 saturated heterocycles. The van der Waals surface area contributed by atoms with Gasteiger partial charge < -0.3 is 0 Å². The summed E-state index contributed by atoms with van der Waals surface area (Å²) in [6.07, 6.45) is 1.81. The van der Waals surface area contributed by atoms with Crippen molar-refractivity contribution in [2.75, 3.05) is 0 Å². The van der Waals surface area contributed by atoms with Crippen LogP contribution in [0, 0.1) is 0 Å². The SMILES string of the molecule is CC1=CC(=O)C=C(F)C1=O. The molecule has 0 unspecified atom stereocenters. The van der Waals surface area contributed by atoms with Gasteiger partial charge in [-0.1, -0.05) is 0 Å². The van der Waals surface area contributed by atoms with Gasteiger partial charge in [0.05, 0.1) is 0 Å². The fourth-order valence-electron chi connectivity index (χ4n) is 0.699. The molecule has 2 nitrogen and oxygen atoms in total. The van der Waals surface area contributed by atoms with Crippen LogP contribution in [0.2, 0.25) is 0 Å². The van der Waals surface area contributed by atoms with Gasteiger partial charge in [-0.15, -0.1) is 0 Å². The molecule has 0 amide bonds. The van der Waals surface area contributed by atoms with Gasteiger partial charge in [0, 0.05) is 11.6 Å². The third kappa shape index (κ3) is 1.03. The van der Waals surface area contributed by atoms with Gasteiger partial charge in [-0.3, -0.25) is 9.59 Å². The predicted octanol–water partition coefficient (Wildman–Crippen LogP) is 0.938. The van der Waals surface area contributed by atoms with E-state index in [1.54, 1.807) is 0 Å². The second-order valence-corrected chi connectivity index (χ2v) is 2.05. The Bertz CT molecular complexity index is 237. The number of rotatable bonds is 0. The lowest BCUT2D eigenvalue weighted by Crippen LogP contribution is -2.08. The molecule has 0 aromatic heterocycles. The van der Waals surface area contributed by atoms with E-state index in [1.165, 1.54) is 6.92 Å². The van der Waals surface area contributed by atoms with E-state index in [1.807, 2.05) is 0 Å². The number of halogens is 1. The fourth-order valence-corrected chi connectivity index (χ4v) is 0.699. The van der Waals surface area contributed by atoms with Crippen molar-refractivity contribution in [2.24, 2.45) is 0 Å². The van der Waals surface area contributed by atoms with Crippen LogP contribution in [-0.4, -0.2) is 11.6 Å². The van der Waals surface area contributed by atoms with Crippen LogP contribution in [0.15, 0.2) is 23.6 Å². The zero-order chi connectivity index (χ0) is 7.72. The first-order chi connectivity index (χ1) is 4.61. The maximum Gasteiger partial charge on any atom is 0.217 e. The topological polar surface area (TPSA) is 34.1 Å². The molecule has 3 heteroatoms. The second kappa shape index (κ2) is 2.17. The van der Waals surface area contributed by atoms with Crippen molar-refractivity contribution in [3.05, 3.63) is 23.6 Å². The molecule has 0 bridgehead atoms. The highest BCUT2D eigenvalue weighted by molar-refractivity contribution is 6.18. The highest BCUT2D eigenvalue weighted by Gasteiger charge is 2.17. The maximum atomic E-state index is 12.3. The molecule has 0 saturated carbocycles. The molecule has 0 N–H and O–H groups in total. The van der Waals surface area contributed by atoms with Gasteiger partial charge >= 0.3 is 0 Å². The Hall–Kier alpha value is -1.25. The second-order valence-electron chi connectivity index (χ2n) is 2.05. The van der Waals surface area contributed by atoms with Crippen LogP contribution in [0.25, 0.3) is 0 Å². The Balaban J connectivity index is 3.05. The lowest BCUT2D eigenvalue weighted by atomic mass is 10.1. The quantitative estimate of drug-likeness (QED) is 0.469. The van der Waals surface area contributed by atoms with Gasteiger partial charge in [0.15, 0.2) is 11.6 Å². The van der Waals surface area contributed by atoms with Crippen molar-refractivity contribution in [1.29, 1.82) is 0 Å². The van der Waals surface area contributed by atoms with Crippen molar-refractivity contribution in [3.8, 4) is 0 Å². The van der Waals surface area contributed by atoms with Crippen molar-refractivity contribution in [3.63, 3.8) is 0 Å². The molecule has 0 heterocycles. The highest BCUT2D eigenvalue weighted by atomic mass is 19.1. The normalized spacial score (nSPS) is 18.6. The third-order valence-electron chi connectivity index (χ3n) is 1.20. The van der Waals surface area contributed by atoms with E-state index < -0.39 is 17.4 Å². The minimum Gasteiger partial charge on any atom is -0.290 e. The molecular weight excluding hydrogens is 135 g/mol. The molecule has 0 spiro atoms. The standard InChI is InChI=1S/C7H5FO2/c1-4-2-5(9)3-6(8)7(4)10/h2-3H,1H3. The van der Waals surface area contributed by atoms with Crippen LogP contribution in [0.4, 0.5) is 4.39 Å². The first-order valence-electron chi connectivity index (χ1n) is 2.75. The molecule has 0 radical (unpaired) electrons. The molecule has 0 fully saturated rings. The van der Waals surface area contributed by atoms with Gasteiger partial charge in [0.2, 0.25) is 5.78 Å². The van der Waals surface area contributed by atoms with Crippen molar-refractivity contribution < 1.29 is 14.0 Å². The summed E-state index contributed by atoms with van der Waals surface area (Å²) in [6, 6.07) is 0. The Morgan fingerprint density at radius 1 is 1.30 bits per heavy atom. The van der Waals surface area contributed by atoms with Gasteiger partial charge in [0.25, 0.3) is 0 Å². The molecule has 10 heavy (non-hydrogen) atoms. The number of hydrogen-bond donors (Lipinski definition) is 0. The van der Waals surface area contributed by atoms with Crippen LogP contribution < -0.4 is 0 Å². The molecular formula is C7H5FO2. The average Bonchev–Trinajstić information content (AvgIpc) is 1.82. The Morgan fingerprint density at radius 2 is 1.90 bits per heavy atom. The number of carbonyl (C=O) groups is 2. The third-order valence-corrected chi connectivity index (χ3v) is 1.20. The number of Topliss-reactive ketones (excluding diaryl/α,β-unsaturated/α-hetero) is 1. The zero-order valence-electron chi connectivity index (χ0n) is 5.35. The maximum absolute atomic E-state index is 12.3. The Labute approximate surface area is 57.0 Å². The van der Waals surface area contributed by atoms with Crippen LogP contribution >= 0.6 is 0 Å². The van der Waals surface area contributed by atoms with Gasteiger partial charge in [-0.2, -0.15) is 0 Å². The van der Waals surface area contributed by atoms with Crippen LogP contribution in [-0.2, 0) is 9.59 Å². The van der Waals surface area contributed by atoms with E-state index in [0.717, 1.165) is 6.08 Å².